The van der Waals surface area contributed by atoms with Gasteiger partial charge in [0.25, 0.3) is 5.91 Å². The first kappa shape index (κ1) is 48.9. The third kappa shape index (κ3) is 8.47. The largest absolute Gasteiger partial charge is 0.495 e. The van der Waals surface area contributed by atoms with E-state index in [-0.39, 0.29) is 81.3 Å². The second kappa shape index (κ2) is 17.8. The fourth-order valence-corrected chi connectivity index (χ4v) is 11.9. The molecule has 1 aliphatic carbocycles. The Balaban J connectivity index is 0.850. The number of likely N-dealkylation sites (tertiary alicyclic amines) is 1. The maximum Gasteiger partial charge on any atom is 0.433 e. The van der Waals surface area contributed by atoms with Crippen LogP contribution in [0.5, 0.6) is 5.75 Å². The van der Waals surface area contributed by atoms with Crippen LogP contribution >= 0.6 is 11.6 Å². The quantitative estimate of drug-likeness (QED) is 0.0726. The third-order valence-corrected chi connectivity index (χ3v) is 15.8. The normalized spacial score (nSPS) is 24.4. The maximum absolute atomic E-state index is 16.3. The zero-order valence-corrected chi connectivity index (χ0v) is 41.0. The zero-order chi connectivity index (χ0) is 51.2. The molecule has 4 amide bonds. The van der Waals surface area contributed by atoms with Crippen LogP contribution < -0.4 is 31.7 Å². The van der Waals surface area contributed by atoms with Gasteiger partial charge in [-0.25, -0.2) is 9.18 Å². The number of carbonyl (C=O) groups excluding carboxylic acids is 4. The number of ether oxygens (including phenoxy) is 1. The number of imide groups is 1. The van der Waals surface area contributed by atoms with E-state index in [0.717, 1.165) is 25.3 Å². The summed E-state index contributed by atoms with van der Waals surface area (Å²) in [6, 6.07) is 13.2. The Morgan fingerprint density at radius 2 is 1.78 bits per heavy atom. The van der Waals surface area contributed by atoms with Gasteiger partial charge in [0.1, 0.15) is 23.3 Å². The van der Waals surface area contributed by atoms with Crippen molar-refractivity contribution >= 4 is 57.6 Å². The van der Waals surface area contributed by atoms with Gasteiger partial charge in [0.05, 0.1) is 34.9 Å². The summed E-state index contributed by atoms with van der Waals surface area (Å²) in [4.78, 5) is 72.2. The molecule has 6 heterocycles. The Bertz CT molecular complexity index is 3220. The van der Waals surface area contributed by atoms with E-state index in [4.69, 9.17) is 16.3 Å². The van der Waals surface area contributed by atoms with E-state index in [0.29, 0.717) is 47.2 Å². The van der Waals surface area contributed by atoms with Crippen molar-refractivity contribution < 1.29 is 41.5 Å². The topological polar surface area (TPSA) is 169 Å². The van der Waals surface area contributed by atoms with E-state index < -0.39 is 59.0 Å². The monoisotopic (exact) mass is 1010 g/mol. The van der Waals surface area contributed by atoms with Crippen molar-refractivity contribution in [1.82, 2.24) is 29.7 Å². The number of piperidine rings is 2. The van der Waals surface area contributed by atoms with E-state index >= 15 is 4.39 Å². The van der Waals surface area contributed by atoms with Crippen molar-refractivity contribution in [2.75, 3.05) is 37.4 Å². The first-order chi connectivity index (χ1) is 34.1. The molecule has 4 N–H and O–H groups in total. The smallest absolute Gasteiger partial charge is 0.433 e. The Morgan fingerprint density at radius 1 is 1.01 bits per heavy atom. The molecule has 4 aliphatic heterocycles. The number of fused-ring (bicyclic) bond motifs is 3. The average Bonchev–Trinajstić information content (AvgIpc) is 3.56. The van der Waals surface area contributed by atoms with Gasteiger partial charge in [0.2, 0.25) is 17.7 Å². The van der Waals surface area contributed by atoms with Crippen molar-refractivity contribution in [3.05, 3.63) is 116 Å². The molecule has 14 nitrogen and oxygen atoms in total. The number of aryl methyl sites for hydroxylation is 1. The van der Waals surface area contributed by atoms with Crippen LogP contribution in [-0.2, 0) is 33.0 Å². The van der Waals surface area contributed by atoms with Gasteiger partial charge in [-0.1, -0.05) is 56.3 Å². The molecule has 5 aromatic rings. The van der Waals surface area contributed by atoms with E-state index in [1.54, 1.807) is 42.3 Å². The van der Waals surface area contributed by atoms with E-state index in [9.17, 15) is 37.1 Å². The number of hydrogen-bond donors (Lipinski definition) is 4. The minimum atomic E-state index is -4.71. The summed E-state index contributed by atoms with van der Waals surface area (Å²) >= 11 is 6.37. The van der Waals surface area contributed by atoms with Crippen LogP contribution in [0.3, 0.4) is 0 Å². The summed E-state index contributed by atoms with van der Waals surface area (Å²) in [5, 5.41) is 11.8. The highest BCUT2D eigenvalue weighted by molar-refractivity contribution is 6.30. The van der Waals surface area contributed by atoms with Gasteiger partial charge in [-0.05, 0) is 97.0 Å². The van der Waals surface area contributed by atoms with Crippen LogP contribution in [0.4, 0.5) is 28.9 Å². The maximum atomic E-state index is 16.3. The number of methoxy groups -OCH3 is 1. The number of anilines is 2. The van der Waals surface area contributed by atoms with Gasteiger partial charge >= 0.3 is 11.9 Å². The molecule has 3 aromatic carbocycles. The summed E-state index contributed by atoms with van der Waals surface area (Å²) in [6.45, 7) is 7.12. The molecular weight excluding hydrogens is 956 g/mol. The van der Waals surface area contributed by atoms with E-state index in [1.807, 2.05) is 39.0 Å². The van der Waals surface area contributed by atoms with E-state index in [2.05, 4.69) is 38.1 Å². The van der Waals surface area contributed by atoms with Crippen LogP contribution in [0.2, 0.25) is 5.02 Å². The number of amides is 4. The molecule has 10 rings (SSSR count). The highest BCUT2D eigenvalue weighted by Gasteiger charge is 2.62. The van der Waals surface area contributed by atoms with Crippen LogP contribution in [0.1, 0.15) is 104 Å². The number of benzene rings is 3. The SMILES string of the molecule is COc1cc(C(=O)N2CCC3(CC2)C[C@@H]3C#Cc2ccc3c(c2)n(C2CCC(=O)NC2=O)c(=O)n3C)ccc1NC(=O)[C@@H]1N[C@@H](CC(C)(C)C)[C@@]2(CNc3cc(C(F)(F)F)ncc32)[C@H]1c1cccc(Cl)c1F. The first-order valence-corrected chi connectivity index (χ1v) is 24.4. The Kier molecular flexibility index (Phi) is 12.1. The Labute approximate surface area is 417 Å². The molecule has 19 heteroatoms. The fourth-order valence-electron chi connectivity index (χ4n) is 11.8. The second-order valence-electron chi connectivity index (χ2n) is 21.1. The molecule has 5 aliphatic rings. The van der Waals surface area contributed by atoms with Gasteiger partial charge in [-0.3, -0.25) is 38.6 Å². The van der Waals surface area contributed by atoms with E-state index in [1.165, 1.54) is 28.5 Å². The standard InChI is InChI=1S/C53H53ClF4N8O6/c1-50(2,3)25-41-52(27-60-35-23-40(53(56,57)58)59-26-32(35)52)43(31-7-6-8-33(54)44(31)55)45(62-41)47(69)61-34-13-11-29(22-39(34)72-5)48(70)65-19-17-51(18-20-65)24-30(51)12-9-28-10-14-36-38(21-28)66(49(71)64(36)4)37-15-16-42(67)63-46(37)68/h6-8,10-11,13-14,21-23,26,30,37,41,43,45,60,62H,15-20,24-25,27H2,1-5H3,(H,61,69)(H,63,67,68)/t30-,37?,41-,43-,45+,52-/m0/s1. The summed E-state index contributed by atoms with van der Waals surface area (Å²) in [6.07, 6.45) is -0.317. The lowest BCUT2D eigenvalue weighted by atomic mass is 9.63. The molecule has 0 bridgehead atoms. The van der Waals surface area contributed by atoms with Crippen LogP contribution in [0.25, 0.3) is 11.0 Å². The van der Waals surface area contributed by atoms with Crippen molar-refractivity contribution in [2.24, 2.45) is 23.8 Å². The number of imidazole rings is 1. The number of nitrogens with zero attached hydrogens (tertiary/aromatic N) is 4. The molecule has 0 radical (unpaired) electrons. The number of aromatic nitrogens is 3. The van der Waals surface area contributed by atoms with Gasteiger partial charge in [-0.2, -0.15) is 13.2 Å². The highest BCUT2D eigenvalue weighted by Crippen LogP contribution is 2.59. The van der Waals surface area contributed by atoms with Crippen molar-refractivity contribution in [1.29, 1.82) is 0 Å². The summed E-state index contributed by atoms with van der Waals surface area (Å²) < 4.78 is 66.7. The van der Waals surface area contributed by atoms with Crippen LogP contribution in [0, 0.1) is 34.4 Å². The number of nitrogens with one attached hydrogen (secondary N) is 4. The van der Waals surface area contributed by atoms with Crippen LogP contribution in [-0.4, -0.2) is 81.5 Å². The summed E-state index contributed by atoms with van der Waals surface area (Å²) in [5.74, 6) is 3.68. The summed E-state index contributed by atoms with van der Waals surface area (Å²) in [5.41, 5.74) is 0.297. The fraction of sp³-hybridized carbons (Fsp3) is 0.434. The highest BCUT2D eigenvalue weighted by atomic mass is 35.5. The zero-order valence-electron chi connectivity index (χ0n) is 40.2. The van der Waals surface area contributed by atoms with Gasteiger partial charge in [0.15, 0.2) is 0 Å². The van der Waals surface area contributed by atoms with Crippen molar-refractivity contribution in [3.63, 3.8) is 0 Å². The van der Waals surface area contributed by atoms with Crippen molar-refractivity contribution in [2.45, 2.75) is 94.9 Å². The molecule has 4 fully saturated rings. The molecule has 3 saturated heterocycles. The molecule has 6 atom stereocenters. The number of hydrogen-bond acceptors (Lipinski definition) is 9. The number of alkyl halides is 3. The minimum absolute atomic E-state index is 0.0367. The van der Waals surface area contributed by atoms with Gasteiger partial charge in [0, 0.05) is 85.0 Å². The molecule has 1 saturated carbocycles. The summed E-state index contributed by atoms with van der Waals surface area (Å²) in [7, 11) is 3.06. The number of rotatable bonds is 7. The molecule has 1 unspecified atom stereocenters. The van der Waals surface area contributed by atoms with Crippen molar-refractivity contribution in [3.8, 4) is 17.6 Å². The predicted octanol–water partition coefficient (Wildman–Crippen LogP) is 7.69. The Morgan fingerprint density at radius 3 is 2.49 bits per heavy atom. The molecule has 72 heavy (non-hydrogen) atoms. The number of carbonyl (C=O) groups is 4. The van der Waals surface area contributed by atoms with Gasteiger partial charge in [-0.15, -0.1) is 0 Å². The second-order valence-corrected chi connectivity index (χ2v) is 21.5. The third-order valence-electron chi connectivity index (χ3n) is 15.5. The Hall–Kier alpha value is -6.71. The molecule has 376 valence electrons. The number of pyridine rings is 1. The predicted molar refractivity (Wildman–Crippen MR) is 261 cm³/mol. The molecule has 2 aromatic heterocycles. The average molecular weight is 1010 g/mol. The number of halogens is 5. The van der Waals surface area contributed by atoms with Gasteiger partial charge < -0.3 is 25.6 Å². The minimum Gasteiger partial charge on any atom is -0.495 e. The molecule has 2 spiro atoms. The lowest BCUT2D eigenvalue weighted by Gasteiger charge is -2.39. The van der Waals surface area contributed by atoms with Crippen LogP contribution in [0.15, 0.2) is 71.7 Å². The first-order valence-electron chi connectivity index (χ1n) is 24.0. The molecular formula is C53H53ClF4N8O6. The lowest BCUT2D eigenvalue weighted by Crippen LogP contribution is -2.46. The lowest BCUT2D eigenvalue weighted by molar-refractivity contribution is -0.141.